The number of hydrogen-bond donors (Lipinski definition) is 1. The zero-order valence-corrected chi connectivity index (χ0v) is 14.2. The van der Waals surface area contributed by atoms with Crippen molar-refractivity contribution in [3.8, 4) is 0 Å². The van der Waals surface area contributed by atoms with Crippen molar-refractivity contribution in [3.05, 3.63) is 0 Å². The summed E-state index contributed by atoms with van der Waals surface area (Å²) < 4.78 is 4.93. The van der Waals surface area contributed by atoms with Gasteiger partial charge in [-0.05, 0) is 31.7 Å². The van der Waals surface area contributed by atoms with Crippen molar-refractivity contribution in [2.75, 3.05) is 26.7 Å². The molecular formula is C16H34N2O2. The highest BCUT2D eigenvalue weighted by Crippen LogP contribution is 2.12. The van der Waals surface area contributed by atoms with Crippen molar-refractivity contribution in [1.29, 1.82) is 0 Å². The summed E-state index contributed by atoms with van der Waals surface area (Å²) in [6.45, 7) is 13.6. The minimum Gasteiger partial charge on any atom is -0.468 e. The molecule has 0 aliphatic heterocycles. The first kappa shape index (κ1) is 19.4. The lowest BCUT2D eigenvalue weighted by molar-refractivity contribution is -0.143. The Kier molecular flexibility index (Phi) is 10.8. The molecule has 20 heavy (non-hydrogen) atoms. The van der Waals surface area contributed by atoms with Gasteiger partial charge in [0.2, 0.25) is 0 Å². The number of nitrogens with zero attached hydrogens (tertiary/aromatic N) is 1. The second kappa shape index (κ2) is 11.1. The van der Waals surface area contributed by atoms with Gasteiger partial charge in [-0.1, -0.05) is 34.6 Å². The van der Waals surface area contributed by atoms with Gasteiger partial charge in [0, 0.05) is 19.1 Å². The maximum absolute atomic E-state index is 11.9. The summed E-state index contributed by atoms with van der Waals surface area (Å²) in [5.41, 5.74) is 0. The molecule has 1 N–H and O–H groups in total. The van der Waals surface area contributed by atoms with E-state index in [1.54, 1.807) is 0 Å². The molecule has 0 saturated heterocycles. The van der Waals surface area contributed by atoms with Crippen LogP contribution in [-0.4, -0.2) is 49.7 Å². The lowest BCUT2D eigenvalue weighted by atomic mass is 10.1. The first-order valence-electron chi connectivity index (χ1n) is 8.05. The van der Waals surface area contributed by atoms with E-state index in [1.807, 2.05) is 0 Å². The fourth-order valence-corrected chi connectivity index (χ4v) is 2.56. The van der Waals surface area contributed by atoms with E-state index < -0.39 is 0 Å². The number of rotatable bonds is 11. The Morgan fingerprint density at radius 2 is 1.75 bits per heavy atom. The van der Waals surface area contributed by atoms with E-state index >= 15 is 0 Å². The molecule has 1 atom stereocenters. The van der Waals surface area contributed by atoms with Crippen LogP contribution in [-0.2, 0) is 9.53 Å². The van der Waals surface area contributed by atoms with Crippen molar-refractivity contribution < 1.29 is 9.53 Å². The molecule has 1 unspecified atom stereocenters. The Morgan fingerprint density at radius 3 is 2.15 bits per heavy atom. The zero-order chi connectivity index (χ0) is 15.5. The maximum Gasteiger partial charge on any atom is 0.324 e. The highest BCUT2D eigenvalue weighted by molar-refractivity contribution is 5.75. The Hall–Kier alpha value is -0.610. The fourth-order valence-electron chi connectivity index (χ4n) is 2.56. The van der Waals surface area contributed by atoms with Crippen molar-refractivity contribution in [2.45, 2.75) is 66.0 Å². The summed E-state index contributed by atoms with van der Waals surface area (Å²) in [6.07, 6.45) is 3.25. The number of methoxy groups -OCH3 is 1. The van der Waals surface area contributed by atoms with Crippen molar-refractivity contribution in [3.63, 3.8) is 0 Å². The summed E-state index contributed by atoms with van der Waals surface area (Å²) >= 11 is 0. The Labute approximate surface area is 125 Å². The van der Waals surface area contributed by atoms with Gasteiger partial charge in [0.05, 0.1) is 7.11 Å². The number of carbonyl (C=O) groups is 1. The van der Waals surface area contributed by atoms with Crippen LogP contribution in [0.5, 0.6) is 0 Å². The monoisotopic (exact) mass is 286 g/mol. The van der Waals surface area contributed by atoms with Crippen LogP contribution in [0.15, 0.2) is 0 Å². The highest BCUT2D eigenvalue weighted by Gasteiger charge is 2.25. The summed E-state index contributed by atoms with van der Waals surface area (Å²) in [7, 11) is 1.47. The highest BCUT2D eigenvalue weighted by atomic mass is 16.5. The van der Waals surface area contributed by atoms with Gasteiger partial charge in [-0.3, -0.25) is 9.69 Å². The summed E-state index contributed by atoms with van der Waals surface area (Å²) in [6, 6.07) is 0.312. The molecule has 0 radical (unpaired) electrons. The third kappa shape index (κ3) is 7.25. The SMILES string of the molecule is CCCNC(CN(CC(C)C)C(CC)CC)C(=O)OC. The van der Waals surface area contributed by atoms with Gasteiger partial charge in [-0.2, -0.15) is 0 Å². The van der Waals surface area contributed by atoms with Crippen LogP contribution >= 0.6 is 0 Å². The van der Waals surface area contributed by atoms with Crippen LogP contribution in [0.1, 0.15) is 53.9 Å². The van der Waals surface area contributed by atoms with Gasteiger partial charge in [-0.25, -0.2) is 0 Å². The predicted octanol–water partition coefficient (Wildman–Crippen LogP) is 2.67. The number of nitrogens with one attached hydrogen (secondary N) is 1. The quantitative estimate of drug-likeness (QED) is 0.593. The normalized spacial score (nSPS) is 13.2. The number of hydrogen-bond acceptors (Lipinski definition) is 4. The van der Waals surface area contributed by atoms with Crippen LogP contribution in [0.4, 0.5) is 0 Å². The van der Waals surface area contributed by atoms with Gasteiger partial charge in [-0.15, -0.1) is 0 Å². The average molecular weight is 286 g/mol. The van der Waals surface area contributed by atoms with E-state index in [-0.39, 0.29) is 12.0 Å². The molecule has 0 aliphatic rings. The van der Waals surface area contributed by atoms with Crippen LogP contribution in [0.2, 0.25) is 0 Å². The standard InChI is InChI=1S/C16H34N2O2/c1-7-10-17-15(16(19)20-6)12-18(11-13(4)5)14(8-2)9-3/h13-15,17H,7-12H2,1-6H3. The fraction of sp³-hybridized carbons (Fsp3) is 0.938. The Morgan fingerprint density at radius 1 is 1.15 bits per heavy atom. The summed E-state index contributed by atoms with van der Waals surface area (Å²) in [5.74, 6) is 0.443. The molecule has 0 fully saturated rings. The molecule has 0 rings (SSSR count). The first-order chi connectivity index (χ1) is 9.49. The molecule has 4 nitrogen and oxygen atoms in total. The average Bonchev–Trinajstić information content (AvgIpc) is 2.42. The van der Waals surface area contributed by atoms with Gasteiger partial charge < -0.3 is 10.1 Å². The third-order valence-electron chi connectivity index (χ3n) is 3.60. The molecule has 0 aliphatic carbocycles. The van der Waals surface area contributed by atoms with E-state index in [4.69, 9.17) is 4.74 Å². The van der Waals surface area contributed by atoms with Crippen LogP contribution in [0.3, 0.4) is 0 Å². The maximum atomic E-state index is 11.9. The molecule has 0 aromatic carbocycles. The Balaban J connectivity index is 4.80. The predicted molar refractivity (Wildman–Crippen MR) is 84.9 cm³/mol. The molecule has 0 bridgehead atoms. The second-order valence-electron chi connectivity index (χ2n) is 5.85. The van der Waals surface area contributed by atoms with E-state index in [9.17, 15) is 4.79 Å². The minimum atomic E-state index is -0.223. The Bertz CT molecular complexity index is 253. The second-order valence-corrected chi connectivity index (χ2v) is 5.85. The third-order valence-corrected chi connectivity index (χ3v) is 3.60. The van der Waals surface area contributed by atoms with Crippen molar-refractivity contribution >= 4 is 5.97 Å². The number of ether oxygens (including phenoxy) is 1. The van der Waals surface area contributed by atoms with Gasteiger partial charge in [0.1, 0.15) is 6.04 Å². The zero-order valence-electron chi connectivity index (χ0n) is 14.2. The molecule has 4 heteroatoms. The molecule has 0 saturated carbocycles. The van der Waals surface area contributed by atoms with E-state index in [0.717, 1.165) is 38.9 Å². The first-order valence-corrected chi connectivity index (χ1v) is 8.05. The lowest BCUT2D eigenvalue weighted by Gasteiger charge is -2.34. The topological polar surface area (TPSA) is 41.6 Å². The largest absolute Gasteiger partial charge is 0.468 e. The van der Waals surface area contributed by atoms with E-state index in [2.05, 4.69) is 44.8 Å². The smallest absolute Gasteiger partial charge is 0.324 e. The molecule has 0 spiro atoms. The molecule has 120 valence electrons. The molecule has 0 aromatic rings. The van der Waals surface area contributed by atoms with Gasteiger partial charge in [0.15, 0.2) is 0 Å². The number of esters is 1. The molecule has 0 aromatic heterocycles. The molecule has 0 heterocycles. The van der Waals surface area contributed by atoms with Crippen LogP contribution in [0.25, 0.3) is 0 Å². The summed E-state index contributed by atoms with van der Waals surface area (Å²) in [5, 5.41) is 3.31. The minimum absolute atomic E-state index is 0.154. The van der Waals surface area contributed by atoms with Crippen molar-refractivity contribution in [1.82, 2.24) is 10.2 Å². The van der Waals surface area contributed by atoms with Crippen LogP contribution in [0, 0.1) is 5.92 Å². The van der Waals surface area contributed by atoms with Crippen molar-refractivity contribution in [2.24, 2.45) is 5.92 Å². The number of carbonyl (C=O) groups excluding carboxylic acids is 1. The molecule has 0 amide bonds. The molecular weight excluding hydrogens is 252 g/mol. The summed E-state index contributed by atoms with van der Waals surface area (Å²) in [4.78, 5) is 14.4. The lowest BCUT2D eigenvalue weighted by Crippen LogP contribution is -2.50. The van der Waals surface area contributed by atoms with E-state index in [0.29, 0.717) is 12.0 Å². The van der Waals surface area contributed by atoms with Gasteiger partial charge >= 0.3 is 5.97 Å². The van der Waals surface area contributed by atoms with Gasteiger partial charge in [0.25, 0.3) is 0 Å². The van der Waals surface area contributed by atoms with Crippen LogP contribution < -0.4 is 5.32 Å². The van der Waals surface area contributed by atoms with E-state index in [1.165, 1.54) is 7.11 Å².